The highest BCUT2D eigenvalue weighted by atomic mass is 31.2. The van der Waals surface area contributed by atoms with E-state index in [1.54, 1.807) is 0 Å². The van der Waals surface area contributed by atoms with E-state index in [-0.39, 0.29) is 0 Å². The highest BCUT2D eigenvalue weighted by Gasteiger charge is 2.55. The number of aliphatic hydroxyl groups excluding tert-OH is 3. The first-order chi connectivity index (χ1) is 7.93. The molecule has 5 atom stereocenters. The summed E-state index contributed by atoms with van der Waals surface area (Å²) < 4.78 is 52.2. The fourth-order valence-corrected chi connectivity index (χ4v) is 2.38. The molecule has 1 aliphatic heterocycles. The molecule has 0 amide bonds. The number of aliphatic hydroxyl groups is 3. The van der Waals surface area contributed by atoms with Crippen molar-refractivity contribution in [2.75, 3.05) is 6.16 Å². The normalized spacial score (nSPS) is 38.8. The maximum absolute atomic E-state index is 12.4. The van der Waals surface area contributed by atoms with Gasteiger partial charge in [-0.2, -0.15) is 13.2 Å². The zero-order valence-corrected chi connectivity index (χ0v) is 9.62. The lowest BCUT2D eigenvalue weighted by Crippen LogP contribution is -2.62. The first kappa shape index (κ1) is 15.8. The molecule has 0 radical (unpaired) electrons. The molecule has 11 heteroatoms. The van der Waals surface area contributed by atoms with Crippen molar-refractivity contribution in [1.29, 1.82) is 0 Å². The number of hydrogen-bond acceptors (Lipinski definition) is 5. The van der Waals surface area contributed by atoms with Gasteiger partial charge in [0.1, 0.15) is 18.3 Å². The van der Waals surface area contributed by atoms with Crippen LogP contribution in [0.15, 0.2) is 0 Å². The summed E-state index contributed by atoms with van der Waals surface area (Å²) in [6.45, 7) is 0. The second-order valence-electron chi connectivity index (χ2n) is 3.96. The molecule has 0 unspecified atom stereocenters. The van der Waals surface area contributed by atoms with Crippen LogP contribution in [0.1, 0.15) is 0 Å². The van der Waals surface area contributed by atoms with Crippen LogP contribution in [0.4, 0.5) is 13.2 Å². The molecule has 0 aromatic heterocycles. The lowest BCUT2D eigenvalue weighted by molar-refractivity contribution is -0.307. The van der Waals surface area contributed by atoms with E-state index in [9.17, 15) is 27.9 Å². The molecule has 1 heterocycles. The van der Waals surface area contributed by atoms with E-state index in [4.69, 9.17) is 14.9 Å². The Labute approximate surface area is 99.0 Å². The first-order valence-corrected chi connectivity index (χ1v) is 6.54. The summed E-state index contributed by atoms with van der Waals surface area (Å²) in [5, 5.41) is 27.6. The van der Waals surface area contributed by atoms with Gasteiger partial charge >= 0.3 is 13.8 Å². The van der Waals surface area contributed by atoms with E-state index in [1.807, 2.05) is 0 Å². The van der Waals surface area contributed by atoms with E-state index < -0.39 is 50.5 Å². The SMILES string of the molecule is O=P(O)(O)C[C@@H]1O[C@@H](C(F)(F)F)[C@@H](O)[C@@H](O)[C@@H]1O. The number of alkyl halides is 3. The topological polar surface area (TPSA) is 127 Å². The molecule has 0 aliphatic carbocycles. The number of halogens is 3. The zero-order chi connectivity index (χ0) is 14.3. The molecule has 0 saturated carbocycles. The Kier molecular flexibility index (Phi) is 4.44. The van der Waals surface area contributed by atoms with Gasteiger partial charge in [-0.15, -0.1) is 0 Å². The van der Waals surface area contributed by atoms with Crippen molar-refractivity contribution in [3.8, 4) is 0 Å². The van der Waals surface area contributed by atoms with Crippen LogP contribution in [-0.2, 0) is 9.30 Å². The van der Waals surface area contributed by atoms with Gasteiger partial charge in [0.15, 0.2) is 6.10 Å². The summed E-state index contributed by atoms with van der Waals surface area (Å²) in [6.07, 6.45) is -17.6. The van der Waals surface area contributed by atoms with Crippen LogP contribution in [-0.4, -0.2) is 68.0 Å². The summed E-state index contributed by atoms with van der Waals surface area (Å²) >= 11 is 0. The third kappa shape index (κ3) is 3.64. The van der Waals surface area contributed by atoms with E-state index in [0.717, 1.165) is 0 Å². The van der Waals surface area contributed by atoms with Crippen LogP contribution < -0.4 is 0 Å². The average molecular weight is 296 g/mol. The van der Waals surface area contributed by atoms with E-state index >= 15 is 0 Å². The lowest BCUT2D eigenvalue weighted by Gasteiger charge is -2.41. The second-order valence-corrected chi connectivity index (χ2v) is 5.65. The fraction of sp³-hybridized carbons (Fsp3) is 1.00. The minimum absolute atomic E-state index is 1.19. The van der Waals surface area contributed by atoms with E-state index in [0.29, 0.717) is 0 Å². The Morgan fingerprint density at radius 1 is 1.06 bits per heavy atom. The van der Waals surface area contributed by atoms with Gasteiger partial charge in [0.2, 0.25) is 0 Å². The van der Waals surface area contributed by atoms with Crippen molar-refractivity contribution in [3.63, 3.8) is 0 Å². The van der Waals surface area contributed by atoms with E-state index in [2.05, 4.69) is 4.74 Å². The van der Waals surface area contributed by atoms with Crippen molar-refractivity contribution < 1.29 is 47.6 Å². The highest BCUT2D eigenvalue weighted by molar-refractivity contribution is 7.51. The van der Waals surface area contributed by atoms with Gasteiger partial charge in [0.05, 0.1) is 12.3 Å². The molecule has 0 aromatic rings. The monoisotopic (exact) mass is 296 g/mol. The number of rotatable bonds is 2. The smallest absolute Gasteiger partial charge is 0.388 e. The van der Waals surface area contributed by atoms with Crippen LogP contribution in [0.25, 0.3) is 0 Å². The van der Waals surface area contributed by atoms with Gasteiger partial charge in [-0.25, -0.2) is 0 Å². The van der Waals surface area contributed by atoms with Gasteiger partial charge in [0.25, 0.3) is 0 Å². The Balaban J connectivity index is 2.91. The van der Waals surface area contributed by atoms with Crippen LogP contribution in [0.3, 0.4) is 0 Å². The second kappa shape index (κ2) is 5.04. The fourth-order valence-electron chi connectivity index (χ4n) is 1.61. The zero-order valence-electron chi connectivity index (χ0n) is 8.73. The Morgan fingerprint density at radius 3 is 1.94 bits per heavy atom. The molecular weight excluding hydrogens is 284 g/mol. The molecule has 1 aliphatic rings. The van der Waals surface area contributed by atoms with Crippen molar-refractivity contribution in [2.24, 2.45) is 0 Å². The summed E-state index contributed by atoms with van der Waals surface area (Å²) in [6, 6.07) is 0. The molecule has 5 N–H and O–H groups in total. The van der Waals surface area contributed by atoms with Crippen molar-refractivity contribution in [2.45, 2.75) is 36.7 Å². The lowest BCUT2D eigenvalue weighted by atomic mass is 9.95. The highest BCUT2D eigenvalue weighted by Crippen LogP contribution is 2.40. The first-order valence-electron chi connectivity index (χ1n) is 4.74. The minimum atomic E-state index is -5.03. The third-order valence-corrected chi connectivity index (χ3v) is 3.29. The maximum Gasteiger partial charge on any atom is 0.417 e. The molecule has 7 nitrogen and oxygen atoms in total. The standard InChI is InChI=1S/C7H12F3O7P/c8-7(9,10)6-5(13)4(12)3(11)2(17-6)1-18(14,15)16/h2-6,11-13H,1H2,(H2,14,15,16)/t2-,3+,4-,5-,6+/m0/s1. The summed E-state index contributed by atoms with van der Waals surface area (Å²) in [5.41, 5.74) is 0. The molecule has 0 aromatic carbocycles. The summed E-state index contributed by atoms with van der Waals surface area (Å²) in [4.78, 5) is 17.2. The number of hydrogen-bond donors (Lipinski definition) is 5. The van der Waals surface area contributed by atoms with Crippen molar-refractivity contribution >= 4 is 7.60 Å². The quantitative estimate of drug-likeness (QED) is 0.395. The molecule has 1 rings (SSSR count). The average Bonchev–Trinajstić information content (AvgIpc) is 2.15. The molecule has 0 bridgehead atoms. The van der Waals surface area contributed by atoms with Gasteiger partial charge in [-0.1, -0.05) is 0 Å². The number of ether oxygens (including phenoxy) is 1. The molecule has 1 saturated heterocycles. The molecule has 1 fully saturated rings. The van der Waals surface area contributed by atoms with Crippen LogP contribution in [0.5, 0.6) is 0 Å². The molecule has 108 valence electrons. The molecular formula is C7H12F3O7P. The molecule has 18 heavy (non-hydrogen) atoms. The van der Waals surface area contributed by atoms with Crippen LogP contribution in [0, 0.1) is 0 Å². The van der Waals surface area contributed by atoms with E-state index in [1.165, 1.54) is 0 Å². The predicted molar refractivity (Wildman–Crippen MR) is 49.6 cm³/mol. The predicted octanol–water partition coefficient (Wildman–Crippen LogP) is -1.42. The van der Waals surface area contributed by atoms with Gasteiger partial charge in [0, 0.05) is 0 Å². The van der Waals surface area contributed by atoms with Gasteiger partial charge in [-0.05, 0) is 0 Å². The summed E-state index contributed by atoms with van der Waals surface area (Å²) in [7, 11) is -4.74. The minimum Gasteiger partial charge on any atom is -0.388 e. The summed E-state index contributed by atoms with van der Waals surface area (Å²) in [5.74, 6) is 0. The Morgan fingerprint density at radius 2 is 1.56 bits per heavy atom. The Hall–Kier alpha value is -0.220. The van der Waals surface area contributed by atoms with Crippen LogP contribution >= 0.6 is 7.60 Å². The third-order valence-electron chi connectivity index (χ3n) is 2.45. The van der Waals surface area contributed by atoms with Crippen LogP contribution in [0.2, 0.25) is 0 Å². The molecule has 0 spiro atoms. The van der Waals surface area contributed by atoms with Gasteiger partial charge < -0.3 is 29.8 Å². The Bertz CT molecular complexity index is 342. The van der Waals surface area contributed by atoms with Gasteiger partial charge in [-0.3, -0.25) is 4.57 Å². The van der Waals surface area contributed by atoms with Crippen molar-refractivity contribution in [1.82, 2.24) is 0 Å². The van der Waals surface area contributed by atoms with Crippen molar-refractivity contribution in [3.05, 3.63) is 0 Å². The maximum atomic E-state index is 12.4. The largest absolute Gasteiger partial charge is 0.417 e.